The highest BCUT2D eigenvalue weighted by Gasteiger charge is 2.14. The Morgan fingerprint density at radius 3 is 2.80 bits per heavy atom. The van der Waals surface area contributed by atoms with E-state index in [2.05, 4.69) is 10.2 Å². The van der Waals surface area contributed by atoms with Crippen molar-refractivity contribution in [1.29, 1.82) is 0 Å². The normalized spacial score (nSPS) is 10.8. The molecule has 0 amide bonds. The summed E-state index contributed by atoms with van der Waals surface area (Å²) in [5.74, 6) is -0.213. The minimum atomic E-state index is -0.874. The molecule has 0 saturated carbocycles. The van der Waals surface area contributed by atoms with Gasteiger partial charge in [0.15, 0.2) is 11.0 Å². The number of aliphatic carboxylic acids is 1. The molecule has 1 aromatic carbocycles. The topological polar surface area (TPSA) is 68.0 Å². The van der Waals surface area contributed by atoms with E-state index < -0.39 is 5.97 Å². The predicted molar refractivity (Wildman–Crippen MR) is 79.2 cm³/mol. The summed E-state index contributed by atoms with van der Waals surface area (Å²) in [7, 11) is 0. The number of benzene rings is 1. The zero-order valence-corrected chi connectivity index (χ0v) is 12.7. The molecule has 0 aliphatic carbocycles. The third-order valence-electron chi connectivity index (χ3n) is 2.79. The van der Waals surface area contributed by atoms with Gasteiger partial charge in [-0.1, -0.05) is 35.5 Å². The van der Waals surface area contributed by atoms with E-state index in [4.69, 9.17) is 16.7 Å². The van der Waals surface area contributed by atoms with Gasteiger partial charge >= 0.3 is 5.97 Å². The minimum absolute atomic E-state index is 0.0349. The third kappa shape index (κ3) is 3.13. The van der Waals surface area contributed by atoms with Gasteiger partial charge in [-0.3, -0.25) is 4.79 Å². The Morgan fingerprint density at radius 2 is 2.20 bits per heavy atom. The maximum Gasteiger partial charge on any atom is 0.313 e. The molecule has 0 atom stereocenters. The summed E-state index contributed by atoms with van der Waals surface area (Å²) in [4.78, 5) is 10.6. The van der Waals surface area contributed by atoms with Gasteiger partial charge in [-0.05, 0) is 25.5 Å². The van der Waals surface area contributed by atoms with Gasteiger partial charge < -0.3 is 9.67 Å². The van der Waals surface area contributed by atoms with Crippen LogP contribution in [0.3, 0.4) is 0 Å². The zero-order valence-electron chi connectivity index (χ0n) is 11.1. The Kier molecular flexibility index (Phi) is 4.67. The van der Waals surface area contributed by atoms with E-state index in [9.17, 15) is 4.79 Å². The number of carboxylic acid groups (broad SMARTS) is 1. The molecule has 0 spiro atoms. The molecule has 2 aromatic rings. The van der Waals surface area contributed by atoms with Crippen LogP contribution < -0.4 is 0 Å². The van der Waals surface area contributed by atoms with E-state index >= 15 is 0 Å². The highest BCUT2D eigenvalue weighted by molar-refractivity contribution is 7.99. The Morgan fingerprint density at radius 1 is 1.45 bits per heavy atom. The molecule has 20 heavy (non-hydrogen) atoms. The fourth-order valence-electron chi connectivity index (χ4n) is 1.75. The lowest BCUT2D eigenvalue weighted by molar-refractivity contribution is -0.133. The molecule has 0 fully saturated rings. The molecule has 106 valence electrons. The molecule has 1 N–H and O–H groups in total. The van der Waals surface area contributed by atoms with Crippen molar-refractivity contribution in [2.24, 2.45) is 0 Å². The van der Waals surface area contributed by atoms with Crippen LogP contribution in [-0.2, 0) is 11.3 Å². The van der Waals surface area contributed by atoms with Crippen LogP contribution in [0.4, 0.5) is 0 Å². The monoisotopic (exact) mass is 311 g/mol. The third-order valence-corrected chi connectivity index (χ3v) is 4.15. The molecule has 0 unspecified atom stereocenters. The second-order valence-electron chi connectivity index (χ2n) is 4.20. The molecule has 0 aliphatic rings. The van der Waals surface area contributed by atoms with E-state index in [0.29, 0.717) is 22.5 Å². The van der Waals surface area contributed by atoms with Crippen LogP contribution in [0.2, 0.25) is 5.02 Å². The van der Waals surface area contributed by atoms with Gasteiger partial charge in [0.25, 0.3) is 0 Å². The van der Waals surface area contributed by atoms with E-state index in [1.54, 1.807) is 0 Å². The van der Waals surface area contributed by atoms with E-state index in [1.165, 1.54) is 0 Å². The number of aryl methyl sites for hydroxylation is 1. The zero-order chi connectivity index (χ0) is 14.7. The molecule has 5 nitrogen and oxygen atoms in total. The lowest BCUT2D eigenvalue weighted by Gasteiger charge is -2.07. The molecular weight excluding hydrogens is 298 g/mol. The van der Waals surface area contributed by atoms with Gasteiger partial charge in [0.2, 0.25) is 0 Å². The average molecular weight is 312 g/mol. The van der Waals surface area contributed by atoms with Crippen LogP contribution in [0.5, 0.6) is 0 Å². The minimum Gasteiger partial charge on any atom is -0.481 e. The first-order valence-electron chi connectivity index (χ1n) is 6.07. The summed E-state index contributed by atoms with van der Waals surface area (Å²) < 4.78 is 1.88. The Hall–Kier alpha value is -1.53. The molecule has 7 heteroatoms. The van der Waals surface area contributed by atoms with E-state index in [1.807, 2.05) is 36.6 Å². The first-order valence-corrected chi connectivity index (χ1v) is 7.43. The summed E-state index contributed by atoms with van der Waals surface area (Å²) >= 11 is 7.29. The van der Waals surface area contributed by atoms with Gasteiger partial charge in [0, 0.05) is 17.1 Å². The first-order chi connectivity index (χ1) is 9.52. The highest BCUT2D eigenvalue weighted by atomic mass is 35.5. The summed E-state index contributed by atoms with van der Waals surface area (Å²) in [6, 6.07) is 5.71. The molecule has 0 aliphatic heterocycles. The maximum atomic E-state index is 10.6. The Labute approximate surface area is 126 Å². The van der Waals surface area contributed by atoms with Gasteiger partial charge in [-0.2, -0.15) is 0 Å². The number of rotatable bonds is 5. The number of carboxylic acids is 1. The van der Waals surface area contributed by atoms with Crippen LogP contribution in [0.1, 0.15) is 12.5 Å². The maximum absolute atomic E-state index is 10.6. The lowest BCUT2D eigenvalue weighted by Crippen LogP contribution is -2.03. The number of nitrogens with zero attached hydrogens (tertiary/aromatic N) is 3. The summed E-state index contributed by atoms with van der Waals surface area (Å²) in [5, 5.41) is 18.2. The van der Waals surface area contributed by atoms with Gasteiger partial charge in [0.05, 0.1) is 5.75 Å². The van der Waals surface area contributed by atoms with Gasteiger partial charge in [0.1, 0.15) is 0 Å². The molecular formula is C13H14ClN3O2S. The van der Waals surface area contributed by atoms with Crippen molar-refractivity contribution in [3.8, 4) is 11.4 Å². The van der Waals surface area contributed by atoms with Crippen molar-refractivity contribution in [2.75, 3.05) is 5.75 Å². The number of halogens is 1. The average Bonchev–Trinajstić information content (AvgIpc) is 2.82. The number of carbonyl (C=O) groups is 1. The van der Waals surface area contributed by atoms with Crippen molar-refractivity contribution in [2.45, 2.75) is 25.5 Å². The van der Waals surface area contributed by atoms with Crippen LogP contribution in [0.25, 0.3) is 11.4 Å². The number of aromatic nitrogens is 3. The molecule has 0 radical (unpaired) electrons. The molecule has 0 bridgehead atoms. The second-order valence-corrected chi connectivity index (χ2v) is 5.55. The summed E-state index contributed by atoms with van der Waals surface area (Å²) in [6.45, 7) is 4.56. The second kappa shape index (κ2) is 6.28. The molecule has 0 saturated heterocycles. The summed E-state index contributed by atoms with van der Waals surface area (Å²) in [6.07, 6.45) is 0. The lowest BCUT2D eigenvalue weighted by atomic mass is 10.1. The van der Waals surface area contributed by atoms with Crippen molar-refractivity contribution in [3.05, 3.63) is 28.8 Å². The van der Waals surface area contributed by atoms with Crippen LogP contribution in [-0.4, -0.2) is 31.6 Å². The van der Waals surface area contributed by atoms with Crippen molar-refractivity contribution >= 4 is 29.3 Å². The SMILES string of the molecule is CCn1c(SCC(=O)O)nnc1-c1ccc(C)c(Cl)c1. The van der Waals surface area contributed by atoms with Crippen LogP contribution >= 0.6 is 23.4 Å². The number of thioether (sulfide) groups is 1. The van der Waals surface area contributed by atoms with E-state index in [-0.39, 0.29) is 5.75 Å². The molecule has 1 aromatic heterocycles. The predicted octanol–water partition coefficient (Wildman–Crippen LogP) is 3.10. The van der Waals surface area contributed by atoms with Crippen LogP contribution in [0, 0.1) is 6.92 Å². The Bertz CT molecular complexity index is 643. The van der Waals surface area contributed by atoms with Crippen molar-refractivity contribution in [1.82, 2.24) is 14.8 Å². The summed E-state index contributed by atoms with van der Waals surface area (Å²) in [5.41, 5.74) is 1.87. The Balaban J connectivity index is 2.36. The molecule has 1 heterocycles. The van der Waals surface area contributed by atoms with Crippen LogP contribution in [0.15, 0.2) is 23.4 Å². The van der Waals surface area contributed by atoms with Crippen molar-refractivity contribution in [3.63, 3.8) is 0 Å². The quantitative estimate of drug-likeness (QED) is 0.859. The standard InChI is InChI=1S/C13H14ClN3O2S/c1-3-17-12(9-5-4-8(2)10(14)6-9)15-16-13(17)20-7-11(18)19/h4-6H,3,7H2,1-2H3,(H,18,19). The van der Waals surface area contributed by atoms with Crippen molar-refractivity contribution < 1.29 is 9.90 Å². The molecule has 2 rings (SSSR count). The smallest absolute Gasteiger partial charge is 0.313 e. The van der Waals surface area contributed by atoms with E-state index in [0.717, 1.165) is 22.9 Å². The fourth-order valence-corrected chi connectivity index (χ4v) is 2.66. The highest BCUT2D eigenvalue weighted by Crippen LogP contribution is 2.27. The first kappa shape index (κ1) is 14.9. The fraction of sp³-hybridized carbons (Fsp3) is 0.308. The largest absolute Gasteiger partial charge is 0.481 e. The number of hydrogen-bond donors (Lipinski definition) is 1. The van der Waals surface area contributed by atoms with Gasteiger partial charge in [-0.15, -0.1) is 10.2 Å². The number of hydrogen-bond acceptors (Lipinski definition) is 4. The van der Waals surface area contributed by atoms with Gasteiger partial charge in [-0.25, -0.2) is 0 Å².